The summed E-state index contributed by atoms with van der Waals surface area (Å²) in [6.45, 7) is 2.86. The summed E-state index contributed by atoms with van der Waals surface area (Å²) in [5, 5.41) is 0. The van der Waals surface area contributed by atoms with Gasteiger partial charge in [-0.3, -0.25) is 9.59 Å². The molecule has 1 aliphatic carbocycles. The molecular formula is C16H27NO2. The van der Waals surface area contributed by atoms with E-state index in [0.29, 0.717) is 0 Å². The van der Waals surface area contributed by atoms with Crippen molar-refractivity contribution in [2.24, 2.45) is 5.92 Å². The molecule has 2 fully saturated rings. The summed E-state index contributed by atoms with van der Waals surface area (Å²) in [4.78, 5) is 26.7. The quantitative estimate of drug-likeness (QED) is 0.567. The second-order valence-corrected chi connectivity index (χ2v) is 6.25. The summed E-state index contributed by atoms with van der Waals surface area (Å²) in [6, 6.07) is 0.240. The summed E-state index contributed by atoms with van der Waals surface area (Å²) in [7, 11) is 0. The van der Waals surface area contributed by atoms with Gasteiger partial charge in [0, 0.05) is 18.5 Å². The molecule has 0 radical (unpaired) electrons. The molecule has 1 heterocycles. The van der Waals surface area contributed by atoms with E-state index in [1.165, 1.54) is 25.7 Å². The van der Waals surface area contributed by atoms with Crippen LogP contribution in [0.5, 0.6) is 0 Å². The summed E-state index contributed by atoms with van der Waals surface area (Å²) >= 11 is 0. The minimum Gasteiger partial charge on any atom is -0.333 e. The molecule has 1 saturated heterocycles. The molecule has 19 heavy (non-hydrogen) atoms. The van der Waals surface area contributed by atoms with Crippen molar-refractivity contribution in [2.75, 3.05) is 6.54 Å². The molecule has 0 N–H and O–H groups in total. The van der Waals surface area contributed by atoms with E-state index in [1.807, 2.05) is 4.90 Å². The topological polar surface area (TPSA) is 37.4 Å². The van der Waals surface area contributed by atoms with Crippen LogP contribution in [0.15, 0.2) is 0 Å². The van der Waals surface area contributed by atoms with Crippen LogP contribution in [0.4, 0.5) is 0 Å². The van der Waals surface area contributed by atoms with Crippen molar-refractivity contribution in [3.05, 3.63) is 0 Å². The van der Waals surface area contributed by atoms with Gasteiger partial charge in [-0.05, 0) is 32.6 Å². The fourth-order valence-corrected chi connectivity index (χ4v) is 3.43. The van der Waals surface area contributed by atoms with Gasteiger partial charge in [-0.2, -0.15) is 0 Å². The Morgan fingerprint density at radius 3 is 2.11 bits per heavy atom. The second-order valence-electron chi connectivity index (χ2n) is 6.25. The molecule has 1 saturated carbocycles. The maximum absolute atomic E-state index is 12.4. The number of likely N-dealkylation sites (tertiary alicyclic amines) is 1. The van der Waals surface area contributed by atoms with Crippen molar-refractivity contribution < 1.29 is 9.59 Å². The van der Waals surface area contributed by atoms with Gasteiger partial charge in [0.25, 0.3) is 5.91 Å². The van der Waals surface area contributed by atoms with Gasteiger partial charge in [0.1, 0.15) is 0 Å². The second kappa shape index (κ2) is 7.06. The smallest absolute Gasteiger partial charge is 0.290 e. The van der Waals surface area contributed by atoms with E-state index in [1.54, 1.807) is 0 Å². The predicted octanol–water partition coefficient (Wildman–Crippen LogP) is 3.32. The normalized spacial score (nSPS) is 26.6. The summed E-state index contributed by atoms with van der Waals surface area (Å²) in [5.41, 5.74) is 0. The number of nitrogens with zero attached hydrogens (tertiary/aromatic N) is 1. The van der Waals surface area contributed by atoms with Gasteiger partial charge < -0.3 is 4.90 Å². The van der Waals surface area contributed by atoms with Gasteiger partial charge >= 0.3 is 0 Å². The Kier molecular flexibility index (Phi) is 5.41. The minimum absolute atomic E-state index is 0.00505. The molecule has 0 aromatic carbocycles. The van der Waals surface area contributed by atoms with Crippen molar-refractivity contribution in [1.82, 2.24) is 4.90 Å². The molecule has 1 amide bonds. The third kappa shape index (κ3) is 3.80. The lowest BCUT2D eigenvalue weighted by atomic mass is 9.94. The van der Waals surface area contributed by atoms with Crippen LogP contribution in [0.3, 0.4) is 0 Å². The molecule has 2 aliphatic rings. The molecule has 2 rings (SSSR count). The highest BCUT2D eigenvalue weighted by molar-refractivity contribution is 6.36. The minimum atomic E-state index is -0.193. The Morgan fingerprint density at radius 2 is 1.42 bits per heavy atom. The van der Waals surface area contributed by atoms with Gasteiger partial charge in [-0.25, -0.2) is 0 Å². The first-order valence-electron chi connectivity index (χ1n) is 8.05. The van der Waals surface area contributed by atoms with Crippen LogP contribution >= 0.6 is 0 Å². The molecule has 0 bridgehead atoms. The van der Waals surface area contributed by atoms with E-state index in [2.05, 4.69) is 6.92 Å². The highest BCUT2D eigenvalue weighted by Crippen LogP contribution is 2.25. The SMILES string of the molecule is CC1CCCCCN1C(=O)C(=O)C1CCCCCC1. The van der Waals surface area contributed by atoms with E-state index < -0.39 is 0 Å². The van der Waals surface area contributed by atoms with E-state index in [-0.39, 0.29) is 23.7 Å². The number of hydrogen-bond donors (Lipinski definition) is 0. The lowest BCUT2D eigenvalue weighted by molar-refractivity contribution is -0.148. The highest BCUT2D eigenvalue weighted by atomic mass is 16.2. The van der Waals surface area contributed by atoms with Crippen LogP contribution in [-0.2, 0) is 9.59 Å². The molecule has 3 nitrogen and oxygen atoms in total. The van der Waals surface area contributed by atoms with Crippen molar-refractivity contribution in [3.8, 4) is 0 Å². The average molecular weight is 265 g/mol. The molecule has 1 unspecified atom stereocenters. The summed E-state index contributed by atoms with van der Waals surface area (Å²) in [5.74, 6) is -0.289. The third-order valence-electron chi connectivity index (χ3n) is 4.75. The highest BCUT2D eigenvalue weighted by Gasteiger charge is 2.32. The van der Waals surface area contributed by atoms with Gasteiger partial charge in [0.15, 0.2) is 0 Å². The van der Waals surface area contributed by atoms with Crippen LogP contribution < -0.4 is 0 Å². The molecule has 3 heteroatoms. The first-order chi connectivity index (χ1) is 9.20. The van der Waals surface area contributed by atoms with E-state index >= 15 is 0 Å². The van der Waals surface area contributed by atoms with Crippen molar-refractivity contribution in [3.63, 3.8) is 0 Å². The number of Topliss-reactive ketones (excluding diaryl/α,β-unsaturated/α-hetero) is 1. The Labute approximate surface area is 116 Å². The van der Waals surface area contributed by atoms with Crippen LogP contribution in [-0.4, -0.2) is 29.2 Å². The lowest BCUT2D eigenvalue weighted by Crippen LogP contribution is -2.44. The number of hydrogen-bond acceptors (Lipinski definition) is 2. The van der Waals surface area contributed by atoms with Crippen LogP contribution in [0.2, 0.25) is 0 Å². The zero-order chi connectivity index (χ0) is 13.7. The molecule has 0 aromatic heterocycles. The molecular weight excluding hydrogens is 238 g/mol. The van der Waals surface area contributed by atoms with Crippen LogP contribution in [0.1, 0.15) is 71.1 Å². The predicted molar refractivity (Wildman–Crippen MR) is 75.8 cm³/mol. The fourth-order valence-electron chi connectivity index (χ4n) is 3.43. The maximum Gasteiger partial charge on any atom is 0.290 e. The van der Waals surface area contributed by atoms with Crippen molar-refractivity contribution >= 4 is 11.7 Å². The lowest BCUT2D eigenvalue weighted by Gasteiger charge is -2.27. The number of rotatable bonds is 2. The number of ketones is 1. The van der Waals surface area contributed by atoms with Crippen LogP contribution in [0.25, 0.3) is 0 Å². The zero-order valence-electron chi connectivity index (χ0n) is 12.2. The van der Waals surface area contributed by atoms with E-state index in [4.69, 9.17) is 0 Å². The van der Waals surface area contributed by atoms with Gasteiger partial charge in [0.05, 0.1) is 0 Å². The largest absolute Gasteiger partial charge is 0.333 e. The molecule has 108 valence electrons. The summed E-state index contributed by atoms with van der Waals surface area (Å²) < 4.78 is 0. The number of carbonyl (C=O) groups is 2. The number of amides is 1. The first kappa shape index (κ1) is 14.5. The standard InChI is InChI=1S/C16H27NO2/c1-13-9-5-4-8-12-17(13)16(19)15(18)14-10-6-2-3-7-11-14/h13-14H,2-12H2,1H3. The van der Waals surface area contributed by atoms with E-state index in [0.717, 1.165) is 45.1 Å². The molecule has 0 aromatic rings. The van der Waals surface area contributed by atoms with Crippen LogP contribution in [0, 0.1) is 5.92 Å². The summed E-state index contributed by atoms with van der Waals surface area (Å²) in [6.07, 6.45) is 11.0. The Morgan fingerprint density at radius 1 is 0.842 bits per heavy atom. The van der Waals surface area contributed by atoms with Gasteiger partial charge in [-0.1, -0.05) is 38.5 Å². The first-order valence-corrected chi connectivity index (χ1v) is 8.05. The Bertz CT molecular complexity index is 319. The van der Waals surface area contributed by atoms with Crippen molar-refractivity contribution in [1.29, 1.82) is 0 Å². The van der Waals surface area contributed by atoms with E-state index in [9.17, 15) is 9.59 Å². The maximum atomic E-state index is 12.4. The number of carbonyl (C=O) groups excluding carboxylic acids is 2. The van der Waals surface area contributed by atoms with Gasteiger partial charge in [0.2, 0.25) is 5.78 Å². The molecule has 1 atom stereocenters. The fraction of sp³-hybridized carbons (Fsp3) is 0.875. The van der Waals surface area contributed by atoms with Gasteiger partial charge in [-0.15, -0.1) is 0 Å². The molecule has 0 spiro atoms. The Balaban J connectivity index is 1.98. The zero-order valence-corrected chi connectivity index (χ0v) is 12.2. The molecule has 1 aliphatic heterocycles. The Hall–Kier alpha value is -0.860. The monoisotopic (exact) mass is 265 g/mol. The van der Waals surface area contributed by atoms with Crippen molar-refractivity contribution in [2.45, 2.75) is 77.2 Å². The average Bonchev–Trinajstić information content (AvgIpc) is 2.79. The third-order valence-corrected chi connectivity index (χ3v) is 4.75.